The summed E-state index contributed by atoms with van der Waals surface area (Å²) in [6.07, 6.45) is -7.26. The maximum Gasteiger partial charge on any atom is 0.407 e. The van der Waals surface area contributed by atoms with Gasteiger partial charge in [0.1, 0.15) is 6.61 Å². The van der Waals surface area contributed by atoms with Gasteiger partial charge in [-0.2, -0.15) is 13.2 Å². The molecule has 3 atom stereocenters. The molecule has 0 aromatic heterocycles. The van der Waals surface area contributed by atoms with Crippen molar-refractivity contribution in [2.45, 2.75) is 31.2 Å². The molecule has 0 fully saturated rings. The van der Waals surface area contributed by atoms with E-state index in [0.717, 1.165) is 29.4 Å². The lowest BCUT2D eigenvalue weighted by atomic mass is 9.98. The van der Waals surface area contributed by atoms with Crippen LogP contribution in [0, 0.1) is 5.92 Å². The minimum absolute atomic E-state index is 0.116. The number of nitrogens with one attached hydrogen (secondary N) is 2. The quantitative estimate of drug-likeness (QED) is 0.493. The molecule has 0 heterocycles. The predicted molar refractivity (Wildman–Crippen MR) is 119 cm³/mol. The molecule has 3 N–H and O–H groups in total. The van der Waals surface area contributed by atoms with Gasteiger partial charge in [-0.3, -0.25) is 4.79 Å². The van der Waals surface area contributed by atoms with E-state index < -0.39 is 48.8 Å². The third-order valence-electron chi connectivity index (χ3n) is 5.91. The van der Waals surface area contributed by atoms with E-state index in [0.29, 0.717) is 0 Å². The van der Waals surface area contributed by atoms with Crippen LogP contribution in [0.5, 0.6) is 0 Å². The van der Waals surface area contributed by atoms with Crippen LogP contribution in [0.4, 0.5) is 18.0 Å². The second-order valence-electron chi connectivity index (χ2n) is 8.07. The molecule has 0 saturated heterocycles. The predicted octanol–water partition coefficient (Wildman–Crippen LogP) is 3.31. The lowest BCUT2D eigenvalue weighted by Gasteiger charge is -2.25. The number of ether oxygens (including phenoxy) is 2. The highest BCUT2D eigenvalue weighted by Crippen LogP contribution is 2.44. The standard InChI is InChI=1S/C24H25F3N2O6/c1-13(34-2)20(22(31)32)29-21(30)19(24(25,26)27)11-28-23(33)35-12-18-16-9-5-3-7-14(16)15-8-4-6-10-17(15)18/h3-10,13,18-20H,11-12H2,1-2H3,(H,28,33)(H,29,30)(H,31,32)/t13-,19?,20+/m1/s1. The van der Waals surface area contributed by atoms with E-state index in [9.17, 15) is 32.7 Å². The lowest BCUT2D eigenvalue weighted by molar-refractivity contribution is -0.183. The summed E-state index contributed by atoms with van der Waals surface area (Å²) in [7, 11) is 1.16. The number of amides is 2. The molecule has 0 aliphatic heterocycles. The molecule has 8 nitrogen and oxygen atoms in total. The van der Waals surface area contributed by atoms with E-state index in [1.807, 2.05) is 59.2 Å². The first-order valence-electron chi connectivity index (χ1n) is 10.8. The Kier molecular flexibility index (Phi) is 8.00. The van der Waals surface area contributed by atoms with Crippen LogP contribution in [0.3, 0.4) is 0 Å². The highest BCUT2D eigenvalue weighted by Gasteiger charge is 2.46. The summed E-state index contributed by atoms with van der Waals surface area (Å²) in [6, 6.07) is 13.4. The summed E-state index contributed by atoms with van der Waals surface area (Å²) in [4.78, 5) is 35.7. The zero-order chi connectivity index (χ0) is 25.8. The second-order valence-corrected chi connectivity index (χ2v) is 8.07. The van der Waals surface area contributed by atoms with Crippen molar-refractivity contribution in [1.29, 1.82) is 0 Å². The van der Waals surface area contributed by atoms with Gasteiger partial charge in [-0.25, -0.2) is 9.59 Å². The Hall–Kier alpha value is -3.60. The number of carboxylic acids is 1. The number of hydrogen-bond donors (Lipinski definition) is 3. The van der Waals surface area contributed by atoms with Gasteiger partial charge >= 0.3 is 18.2 Å². The first-order valence-corrected chi connectivity index (χ1v) is 10.8. The molecule has 188 valence electrons. The second kappa shape index (κ2) is 10.8. The lowest BCUT2D eigenvalue weighted by Crippen LogP contribution is -2.54. The number of benzene rings is 2. The van der Waals surface area contributed by atoms with Gasteiger partial charge in [0.15, 0.2) is 12.0 Å². The first-order chi connectivity index (χ1) is 16.5. The smallest absolute Gasteiger partial charge is 0.407 e. The Morgan fingerprint density at radius 3 is 2.06 bits per heavy atom. The average Bonchev–Trinajstić information content (AvgIpc) is 3.13. The van der Waals surface area contributed by atoms with Crippen LogP contribution in [0.1, 0.15) is 24.0 Å². The van der Waals surface area contributed by atoms with Crippen molar-refractivity contribution in [2.24, 2.45) is 5.92 Å². The van der Waals surface area contributed by atoms with Crippen molar-refractivity contribution < 1.29 is 42.1 Å². The number of carbonyl (C=O) groups excluding carboxylic acids is 2. The number of alkyl carbamates (subject to hydrolysis) is 1. The Morgan fingerprint density at radius 1 is 1.03 bits per heavy atom. The molecule has 1 aliphatic carbocycles. The summed E-state index contributed by atoms with van der Waals surface area (Å²) in [6.45, 7) is 0.0471. The van der Waals surface area contributed by atoms with Gasteiger partial charge in [-0.05, 0) is 29.2 Å². The fraction of sp³-hybridized carbons (Fsp3) is 0.375. The molecular formula is C24H25F3N2O6. The van der Waals surface area contributed by atoms with E-state index in [1.165, 1.54) is 6.92 Å². The van der Waals surface area contributed by atoms with Gasteiger partial charge < -0.3 is 25.2 Å². The number of rotatable bonds is 9. The van der Waals surface area contributed by atoms with Crippen LogP contribution in [0.15, 0.2) is 48.5 Å². The van der Waals surface area contributed by atoms with Gasteiger partial charge in [0.25, 0.3) is 0 Å². The summed E-state index contributed by atoms with van der Waals surface area (Å²) >= 11 is 0. The van der Waals surface area contributed by atoms with Gasteiger partial charge in [-0.15, -0.1) is 0 Å². The monoisotopic (exact) mass is 494 g/mol. The number of fused-ring (bicyclic) bond motifs is 3. The average molecular weight is 494 g/mol. The number of alkyl halides is 3. The molecular weight excluding hydrogens is 469 g/mol. The van der Waals surface area contributed by atoms with E-state index in [1.54, 1.807) is 0 Å². The molecule has 2 aromatic carbocycles. The molecule has 0 spiro atoms. The molecule has 1 aliphatic rings. The number of carboxylic acid groups (broad SMARTS) is 1. The molecule has 35 heavy (non-hydrogen) atoms. The van der Waals surface area contributed by atoms with Crippen LogP contribution in [0.25, 0.3) is 11.1 Å². The summed E-state index contributed by atoms with van der Waals surface area (Å²) in [5.41, 5.74) is 3.84. The van der Waals surface area contributed by atoms with E-state index in [2.05, 4.69) is 0 Å². The Morgan fingerprint density at radius 2 is 1.57 bits per heavy atom. The van der Waals surface area contributed by atoms with Gasteiger partial charge in [0.2, 0.25) is 5.91 Å². The number of halogens is 3. The van der Waals surface area contributed by atoms with Crippen LogP contribution in [-0.2, 0) is 19.1 Å². The fourth-order valence-corrected chi connectivity index (χ4v) is 3.96. The van der Waals surface area contributed by atoms with E-state index in [-0.39, 0.29) is 12.5 Å². The number of hydrogen-bond acceptors (Lipinski definition) is 5. The number of methoxy groups -OCH3 is 1. The maximum atomic E-state index is 13.5. The van der Waals surface area contributed by atoms with Crippen LogP contribution in [0.2, 0.25) is 0 Å². The minimum Gasteiger partial charge on any atom is -0.480 e. The summed E-state index contributed by atoms with van der Waals surface area (Å²) in [5.74, 6) is -6.14. The minimum atomic E-state index is -5.04. The highest BCUT2D eigenvalue weighted by molar-refractivity contribution is 5.86. The number of aliphatic carboxylic acids is 1. The largest absolute Gasteiger partial charge is 0.480 e. The third kappa shape index (κ3) is 5.91. The van der Waals surface area contributed by atoms with E-state index >= 15 is 0 Å². The molecule has 0 radical (unpaired) electrons. The van der Waals surface area contributed by atoms with Crippen molar-refractivity contribution in [3.8, 4) is 11.1 Å². The molecule has 1 unspecified atom stereocenters. The topological polar surface area (TPSA) is 114 Å². The molecule has 0 bridgehead atoms. The molecule has 2 amide bonds. The van der Waals surface area contributed by atoms with Crippen LogP contribution >= 0.6 is 0 Å². The highest BCUT2D eigenvalue weighted by atomic mass is 19.4. The Labute approximate surface area is 199 Å². The zero-order valence-corrected chi connectivity index (χ0v) is 19.0. The fourth-order valence-electron chi connectivity index (χ4n) is 3.96. The molecule has 3 rings (SSSR count). The maximum absolute atomic E-state index is 13.5. The van der Waals surface area contributed by atoms with E-state index in [4.69, 9.17) is 9.47 Å². The van der Waals surface area contributed by atoms with Gasteiger partial charge in [0.05, 0.1) is 6.10 Å². The van der Waals surface area contributed by atoms with Gasteiger partial charge in [0, 0.05) is 19.6 Å². The molecule has 2 aromatic rings. The Bertz CT molecular complexity index is 1050. The van der Waals surface area contributed by atoms with Crippen molar-refractivity contribution in [1.82, 2.24) is 10.6 Å². The van der Waals surface area contributed by atoms with Crippen LogP contribution < -0.4 is 10.6 Å². The molecule has 11 heteroatoms. The number of carbonyl (C=O) groups is 3. The summed E-state index contributed by atoms with van der Waals surface area (Å²) < 4.78 is 50.5. The SMILES string of the molecule is CO[C@H](C)[C@H](NC(=O)C(CNC(=O)OCC1c2ccccc2-c2ccccc21)C(F)(F)F)C(=O)O. The normalized spacial score (nSPS) is 15.3. The third-order valence-corrected chi connectivity index (χ3v) is 5.91. The zero-order valence-electron chi connectivity index (χ0n) is 19.0. The van der Waals surface area contributed by atoms with Crippen LogP contribution in [-0.4, -0.2) is 61.7 Å². The van der Waals surface area contributed by atoms with Gasteiger partial charge in [-0.1, -0.05) is 48.5 Å². The van der Waals surface area contributed by atoms with Crippen molar-refractivity contribution in [2.75, 3.05) is 20.3 Å². The van der Waals surface area contributed by atoms with Crippen molar-refractivity contribution >= 4 is 18.0 Å². The first kappa shape index (κ1) is 26.0. The molecule has 0 saturated carbocycles. The van der Waals surface area contributed by atoms with Crippen molar-refractivity contribution in [3.63, 3.8) is 0 Å². The van der Waals surface area contributed by atoms with Crippen molar-refractivity contribution in [3.05, 3.63) is 59.7 Å². The Balaban J connectivity index is 1.63. The summed E-state index contributed by atoms with van der Waals surface area (Å²) in [5, 5.41) is 13.0.